The van der Waals surface area contributed by atoms with Crippen LogP contribution in [0.2, 0.25) is 10.0 Å². The molecule has 5 nitrogen and oxygen atoms in total. The van der Waals surface area contributed by atoms with Gasteiger partial charge in [0.05, 0.1) is 18.3 Å². The number of nitrogens with one attached hydrogen (secondary N) is 1. The molecule has 2 aromatic carbocycles. The Labute approximate surface area is 143 Å². The van der Waals surface area contributed by atoms with Gasteiger partial charge in [-0.25, -0.2) is 5.43 Å². The average molecular weight is 353 g/mol. The van der Waals surface area contributed by atoms with Crippen LogP contribution in [0, 0.1) is 0 Å². The Morgan fingerprint density at radius 2 is 2.09 bits per heavy atom. The molecule has 2 rings (SSSR count). The Kier molecular flexibility index (Phi) is 6.26. The van der Waals surface area contributed by atoms with Crippen LogP contribution in [0.4, 0.5) is 0 Å². The van der Waals surface area contributed by atoms with Crippen molar-refractivity contribution >= 4 is 35.3 Å². The maximum atomic E-state index is 11.6. The second kappa shape index (κ2) is 8.41. The lowest BCUT2D eigenvalue weighted by Gasteiger charge is -2.05. The number of benzene rings is 2. The average Bonchev–Trinajstić information content (AvgIpc) is 2.53. The number of amides is 1. The molecule has 7 heteroatoms. The summed E-state index contributed by atoms with van der Waals surface area (Å²) in [6.07, 6.45) is 1.47. The second-order valence-electron chi connectivity index (χ2n) is 4.43. The van der Waals surface area contributed by atoms with Gasteiger partial charge in [0.15, 0.2) is 6.61 Å². The van der Waals surface area contributed by atoms with Crippen molar-refractivity contribution in [3.63, 3.8) is 0 Å². The number of rotatable bonds is 6. The molecule has 0 heterocycles. The summed E-state index contributed by atoms with van der Waals surface area (Å²) in [6.45, 7) is -0.166. The number of halogens is 2. The summed E-state index contributed by atoms with van der Waals surface area (Å²) in [4.78, 5) is 11.6. The highest BCUT2D eigenvalue weighted by Gasteiger charge is 2.03. The molecule has 0 aromatic heterocycles. The molecular weight excluding hydrogens is 339 g/mol. The van der Waals surface area contributed by atoms with E-state index in [-0.39, 0.29) is 12.5 Å². The number of hydrazone groups is 1. The Hall–Kier alpha value is -2.24. The standard InChI is InChI=1S/C16H14Cl2N2O3/c1-22-15-6-5-11(7-14(15)18)9-19-20-16(21)10-23-13-4-2-3-12(17)8-13/h2-9H,10H2,1H3,(H,20,21). The van der Waals surface area contributed by atoms with Gasteiger partial charge in [0, 0.05) is 5.02 Å². The lowest BCUT2D eigenvalue weighted by molar-refractivity contribution is -0.123. The zero-order chi connectivity index (χ0) is 16.7. The fraction of sp³-hybridized carbons (Fsp3) is 0.125. The van der Waals surface area contributed by atoms with Crippen molar-refractivity contribution < 1.29 is 14.3 Å². The maximum Gasteiger partial charge on any atom is 0.277 e. The van der Waals surface area contributed by atoms with Crippen molar-refractivity contribution in [2.24, 2.45) is 5.10 Å². The zero-order valence-electron chi connectivity index (χ0n) is 12.3. The molecule has 0 saturated heterocycles. The number of hydrogen-bond acceptors (Lipinski definition) is 4. The Morgan fingerprint density at radius 3 is 2.78 bits per heavy atom. The number of ether oxygens (including phenoxy) is 2. The van der Waals surface area contributed by atoms with Crippen molar-refractivity contribution in [2.45, 2.75) is 0 Å². The minimum Gasteiger partial charge on any atom is -0.495 e. The fourth-order valence-corrected chi connectivity index (χ4v) is 2.13. The predicted octanol–water partition coefficient (Wildman–Crippen LogP) is 3.53. The van der Waals surface area contributed by atoms with Crippen LogP contribution in [0.1, 0.15) is 5.56 Å². The maximum absolute atomic E-state index is 11.6. The first kappa shape index (κ1) is 17.1. The largest absolute Gasteiger partial charge is 0.495 e. The third-order valence-electron chi connectivity index (χ3n) is 2.74. The molecule has 0 saturated carbocycles. The monoisotopic (exact) mass is 352 g/mol. The molecule has 0 atom stereocenters. The molecule has 0 spiro atoms. The predicted molar refractivity (Wildman–Crippen MR) is 90.7 cm³/mol. The van der Waals surface area contributed by atoms with Gasteiger partial charge in [0.25, 0.3) is 5.91 Å². The van der Waals surface area contributed by atoms with Crippen LogP contribution in [0.3, 0.4) is 0 Å². The van der Waals surface area contributed by atoms with Gasteiger partial charge < -0.3 is 9.47 Å². The van der Waals surface area contributed by atoms with E-state index in [4.69, 9.17) is 32.7 Å². The normalized spacial score (nSPS) is 10.6. The van der Waals surface area contributed by atoms with Gasteiger partial charge in [-0.3, -0.25) is 4.79 Å². The van der Waals surface area contributed by atoms with Gasteiger partial charge in [-0.15, -0.1) is 0 Å². The Balaban J connectivity index is 1.83. The highest BCUT2D eigenvalue weighted by Crippen LogP contribution is 2.24. The molecule has 0 radical (unpaired) electrons. The molecule has 23 heavy (non-hydrogen) atoms. The topological polar surface area (TPSA) is 59.9 Å². The van der Waals surface area contributed by atoms with Crippen LogP contribution in [-0.2, 0) is 4.79 Å². The minimum absolute atomic E-state index is 0.166. The summed E-state index contributed by atoms with van der Waals surface area (Å²) in [5.74, 6) is 0.696. The number of nitrogens with zero attached hydrogens (tertiary/aromatic N) is 1. The number of carbonyl (C=O) groups excluding carboxylic acids is 1. The van der Waals surface area contributed by atoms with Gasteiger partial charge in [-0.05, 0) is 42.0 Å². The first-order valence-corrected chi connectivity index (χ1v) is 7.38. The molecule has 120 valence electrons. The van der Waals surface area contributed by atoms with E-state index in [9.17, 15) is 4.79 Å². The highest BCUT2D eigenvalue weighted by atomic mass is 35.5. The summed E-state index contributed by atoms with van der Waals surface area (Å²) in [5.41, 5.74) is 3.09. The van der Waals surface area contributed by atoms with E-state index in [2.05, 4.69) is 10.5 Å². The van der Waals surface area contributed by atoms with Crippen LogP contribution in [-0.4, -0.2) is 25.8 Å². The van der Waals surface area contributed by atoms with Gasteiger partial charge in [-0.2, -0.15) is 5.10 Å². The third-order valence-corrected chi connectivity index (χ3v) is 3.28. The lowest BCUT2D eigenvalue weighted by atomic mass is 10.2. The third kappa shape index (κ3) is 5.47. The van der Waals surface area contributed by atoms with E-state index in [1.807, 2.05) is 0 Å². The van der Waals surface area contributed by atoms with Gasteiger partial charge in [0.1, 0.15) is 11.5 Å². The zero-order valence-corrected chi connectivity index (χ0v) is 13.8. The van der Waals surface area contributed by atoms with E-state index in [0.29, 0.717) is 21.5 Å². The van der Waals surface area contributed by atoms with E-state index in [1.54, 1.807) is 42.5 Å². The molecule has 0 fully saturated rings. The molecule has 1 N–H and O–H groups in total. The van der Waals surface area contributed by atoms with Crippen molar-refractivity contribution in [3.05, 3.63) is 58.1 Å². The summed E-state index contributed by atoms with van der Waals surface area (Å²) >= 11 is 11.8. The summed E-state index contributed by atoms with van der Waals surface area (Å²) in [7, 11) is 1.54. The van der Waals surface area contributed by atoms with Crippen LogP contribution in [0.5, 0.6) is 11.5 Å². The van der Waals surface area contributed by atoms with Crippen molar-refractivity contribution in [1.29, 1.82) is 0 Å². The first-order valence-electron chi connectivity index (χ1n) is 6.62. The molecule has 0 unspecified atom stereocenters. The molecular formula is C16H14Cl2N2O3. The summed E-state index contributed by atoms with van der Waals surface area (Å²) < 4.78 is 10.3. The highest BCUT2D eigenvalue weighted by molar-refractivity contribution is 6.32. The lowest BCUT2D eigenvalue weighted by Crippen LogP contribution is -2.24. The van der Waals surface area contributed by atoms with Crippen LogP contribution < -0.4 is 14.9 Å². The number of methoxy groups -OCH3 is 1. The Bertz CT molecular complexity index is 720. The molecule has 2 aromatic rings. The molecule has 0 aliphatic heterocycles. The van der Waals surface area contributed by atoms with E-state index in [0.717, 1.165) is 5.56 Å². The summed E-state index contributed by atoms with van der Waals surface area (Å²) in [5, 5.41) is 4.84. The van der Waals surface area contributed by atoms with E-state index in [1.165, 1.54) is 13.3 Å². The van der Waals surface area contributed by atoms with Gasteiger partial charge in [0.2, 0.25) is 0 Å². The minimum atomic E-state index is -0.388. The van der Waals surface area contributed by atoms with Crippen LogP contribution in [0.15, 0.2) is 47.6 Å². The Morgan fingerprint density at radius 1 is 1.26 bits per heavy atom. The van der Waals surface area contributed by atoms with Crippen LogP contribution >= 0.6 is 23.2 Å². The SMILES string of the molecule is COc1ccc(C=NNC(=O)COc2cccc(Cl)c2)cc1Cl. The van der Waals surface area contributed by atoms with Crippen molar-refractivity contribution in [3.8, 4) is 11.5 Å². The van der Waals surface area contributed by atoms with Crippen LogP contribution in [0.25, 0.3) is 0 Å². The van der Waals surface area contributed by atoms with E-state index < -0.39 is 0 Å². The first-order chi connectivity index (χ1) is 11.1. The molecule has 0 bridgehead atoms. The molecule has 1 amide bonds. The molecule has 0 aliphatic carbocycles. The second-order valence-corrected chi connectivity index (χ2v) is 5.28. The number of hydrogen-bond donors (Lipinski definition) is 1. The summed E-state index contributed by atoms with van der Waals surface area (Å²) in [6, 6.07) is 12.0. The van der Waals surface area contributed by atoms with Crippen molar-refractivity contribution in [2.75, 3.05) is 13.7 Å². The van der Waals surface area contributed by atoms with Gasteiger partial charge >= 0.3 is 0 Å². The quantitative estimate of drug-likeness (QED) is 0.638. The molecule has 0 aliphatic rings. The van der Waals surface area contributed by atoms with Gasteiger partial charge in [-0.1, -0.05) is 29.3 Å². The smallest absolute Gasteiger partial charge is 0.277 e. The fourth-order valence-electron chi connectivity index (χ4n) is 1.68. The van der Waals surface area contributed by atoms with Crippen molar-refractivity contribution in [1.82, 2.24) is 5.43 Å². The number of carbonyl (C=O) groups is 1. The van der Waals surface area contributed by atoms with E-state index >= 15 is 0 Å².